The van der Waals surface area contributed by atoms with Gasteiger partial charge in [0.05, 0.1) is 33.5 Å². The van der Waals surface area contributed by atoms with Gasteiger partial charge in [0.15, 0.2) is 0 Å². The third-order valence-corrected chi connectivity index (χ3v) is 6.25. The van der Waals surface area contributed by atoms with Crippen LogP contribution in [0.2, 0.25) is 0 Å². The van der Waals surface area contributed by atoms with Crippen LogP contribution in [0.25, 0.3) is 22.4 Å². The molecule has 1 fully saturated rings. The fourth-order valence-electron chi connectivity index (χ4n) is 3.61. The summed E-state index contributed by atoms with van der Waals surface area (Å²) in [6.07, 6.45) is -2.78. The highest BCUT2D eigenvalue weighted by molar-refractivity contribution is 7.14. The standard InChI is InChI=1S/C23H17F3N4O3S/c1-11-18-15(20(32)29-22-14(8-9-34-22)19(31)27-12-6-7-12)10-17(28-21(18)33-30-11)13-4-2-3-5-16(13)23(24,25)26/h2-5,8-10,12H,6-7H2,1H3,(H,27,31)(H,29,32). The average molecular weight is 486 g/mol. The van der Waals surface area contributed by atoms with Crippen molar-refractivity contribution < 1.29 is 27.3 Å². The maximum atomic E-state index is 13.6. The zero-order valence-electron chi connectivity index (χ0n) is 17.7. The van der Waals surface area contributed by atoms with Gasteiger partial charge in [0.2, 0.25) is 0 Å². The number of pyridine rings is 1. The molecular weight excluding hydrogens is 469 g/mol. The molecule has 7 nitrogen and oxygen atoms in total. The Hall–Kier alpha value is -3.73. The van der Waals surface area contributed by atoms with E-state index in [1.807, 2.05) is 0 Å². The van der Waals surface area contributed by atoms with E-state index in [2.05, 4.69) is 20.8 Å². The topological polar surface area (TPSA) is 97.1 Å². The molecule has 1 aromatic carbocycles. The number of nitrogens with one attached hydrogen (secondary N) is 2. The molecule has 1 aliphatic rings. The Bertz CT molecular complexity index is 1420. The van der Waals surface area contributed by atoms with Crippen molar-refractivity contribution >= 4 is 39.3 Å². The minimum atomic E-state index is -4.62. The number of fused-ring (bicyclic) bond motifs is 1. The lowest BCUT2D eigenvalue weighted by Crippen LogP contribution is -2.26. The van der Waals surface area contributed by atoms with Gasteiger partial charge in [0, 0.05) is 11.6 Å². The number of rotatable bonds is 5. The van der Waals surface area contributed by atoms with Crippen molar-refractivity contribution in [3.63, 3.8) is 0 Å². The molecule has 1 aliphatic carbocycles. The molecule has 174 valence electrons. The van der Waals surface area contributed by atoms with Gasteiger partial charge in [0.25, 0.3) is 17.5 Å². The number of hydrogen-bond donors (Lipinski definition) is 2. The Morgan fingerprint density at radius 3 is 2.62 bits per heavy atom. The number of alkyl halides is 3. The number of anilines is 1. The molecule has 0 aliphatic heterocycles. The number of hydrogen-bond acceptors (Lipinski definition) is 6. The Balaban J connectivity index is 1.56. The van der Waals surface area contributed by atoms with E-state index in [-0.39, 0.29) is 39.9 Å². The molecule has 3 aromatic heterocycles. The summed E-state index contributed by atoms with van der Waals surface area (Å²) in [5.41, 5.74) is -0.504. The normalized spacial score (nSPS) is 13.8. The summed E-state index contributed by atoms with van der Waals surface area (Å²) in [5.74, 6) is -0.910. The van der Waals surface area contributed by atoms with Gasteiger partial charge in [-0.3, -0.25) is 9.59 Å². The zero-order valence-corrected chi connectivity index (χ0v) is 18.5. The number of halogens is 3. The van der Waals surface area contributed by atoms with Crippen LogP contribution in [-0.2, 0) is 6.18 Å². The predicted octanol–water partition coefficient (Wildman–Crippen LogP) is 5.42. The van der Waals surface area contributed by atoms with E-state index in [9.17, 15) is 22.8 Å². The molecule has 0 atom stereocenters. The van der Waals surface area contributed by atoms with Crippen molar-refractivity contribution in [2.45, 2.75) is 32.0 Å². The Morgan fingerprint density at radius 2 is 1.88 bits per heavy atom. The van der Waals surface area contributed by atoms with Gasteiger partial charge in [-0.05, 0) is 43.3 Å². The maximum Gasteiger partial charge on any atom is 0.417 e. The summed E-state index contributed by atoms with van der Waals surface area (Å²) in [4.78, 5) is 30.0. The second kappa shape index (κ2) is 8.24. The third-order valence-electron chi connectivity index (χ3n) is 5.42. The van der Waals surface area contributed by atoms with Gasteiger partial charge in [0.1, 0.15) is 5.00 Å². The summed E-state index contributed by atoms with van der Waals surface area (Å²) in [5, 5.41) is 11.7. The van der Waals surface area contributed by atoms with Crippen molar-refractivity contribution in [1.82, 2.24) is 15.5 Å². The van der Waals surface area contributed by atoms with Crippen LogP contribution >= 0.6 is 11.3 Å². The van der Waals surface area contributed by atoms with Crippen molar-refractivity contribution in [2.24, 2.45) is 0 Å². The van der Waals surface area contributed by atoms with Gasteiger partial charge in [-0.1, -0.05) is 23.4 Å². The van der Waals surface area contributed by atoms with Crippen molar-refractivity contribution in [3.8, 4) is 11.3 Å². The van der Waals surface area contributed by atoms with Gasteiger partial charge in [-0.25, -0.2) is 4.98 Å². The fourth-order valence-corrected chi connectivity index (χ4v) is 4.39. The summed E-state index contributed by atoms with van der Waals surface area (Å²) in [7, 11) is 0. The van der Waals surface area contributed by atoms with Crippen molar-refractivity contribution in [3.05, 3.63) is 64.2 Å². The number of aromatic nitrogens is 2. The van der Waals surface area contributed by atoms with Crippen LogP contribution in [0.5, 0.6) is 0 Å². The van der Waals surface area contributed by atoms with E-state index >= 15 is 0 Å². The van der Waals surface area contributed by atoms with Crippen molar-refractivity contribution in [1.29, 1.82) is 0 Å². The fraction of sp³-hybridized carbons (Fsp3) is 0.217. The second-order valence-corrected chi connectivity index (χ2v) is 8.83. The lowest BCUT2D eigenvalue weighted by Gasteiger charge is -2.13. The van der Waals surface area contributed by atoms with Crippen LogP contribution in [0.4, 0.5) is 18.2 Å². The number of carbonyl (C=O) groups excluding carboxylic acids is 2. The van der Waals surface area contributed by atoms with Gasteiger partial charge in [-0.15, -0.1) is 11.3 Å². The van der Waals surface area contributed by atoms with Crippen LogP contribution in [0.1, 0.15) is 44.8 Å². The smallest absolute Gasteiger partial charge is 0.349 e. The van der Waals surface area contributed by atoms with Gasteiger partial charge < -0.3 is 15.2 Å². The molecule has 4 aromatic rings. The first kappa shape index (κ1) is 22.1. The van der Waals surface area contributed by atoms with Gasteiger partial charge >= 0.3 is 6.18 Å². The van der Waals surface area contributed by atoms with E-state index in [1.54, 1.807) is 18.4 Å². The maximum absolute atomic E-state index is 13.6. The molecule has 5 rings (SSSR count). The van der Waals surface area contributed by atoms with Crippen LogP contribution in [-0.4, -0.2) is 28.0 Å². The molecule has 34 heavy (non-hydrogen) atoms. The lowest BCUT2D eigenvalue weighted by molar-refractivity contribution is -0.137. The van der Waals surface area contributed by atoms with Crippen LogP contribution in [0.15, 0.2) is 46.3 Å². The Morgan fingerprint density at radius 1 is 1.12 bits per heavy atom. The monoisotopic (exact) mass is 486 g/mol. The van der Waals surface area contributed by atoms with Crippen LogP contribution in [0.3, 0.4) is 0 Å². The molecular formula is C23H17F3N4O3S. The molecule has 0 unspecified atom stereocenters. The SMILES string of the molecule is Cc1noc2nc(-c3ccccc3C(F)(F)F)cc(C(=O)Nc3sccc3C(=O)NC3CC3)c12. The molecule has 3 heterocycles. The molecule has 11 heteroatoms. The minimum absolute atomic E-state index is 0.0395. The first-order valence-electron chi connectivity index (χ1n) is 10.4. The van der Waals surface area contributed by atoms with E-state index in [4.69, 9.17) is 4.52 Å². The quantitative estimate of drug-likeness (QED) is 0.393. The third kappa shape index (κ3) is 4.14. The van der Waals surface area contributed by atoms with Gasteiger partial charge in [-0.2, -0.15) is 13.2 Å². The van der Waals surface area contributed by atoms with Crippen LogP contribution in [0, 0.1) is 6.92 Å². The Labute approximate surface area is 195 Å². The zero-order chi connectivity index (χ0) is 24.0. The van der Waals surface area contributed by atoms with E-state index < -0.39 is 17.6 Å². The Kier molecular flexibility index (Phi) is 5.35. The highest BCUT2D eigenvalue weighted by atomic mass is 32.1. The minimum Gasteiger partial charge on any atom is -0.349 e. The number of carbonyl (C=O) groups is 2. The van der Waals surface area contributed by atoms with E-state index in [0.717, 1.165) is 18.9 Å². The summed E-state index contributed by atoms with van der Waals surface area (Å²) < 4.78 is 46.0. The summed E-state index contributed by atoms with van der Waals surface area (Å²) >= 11 is 1.17. The lowest BCUT2D eigenvalue weighted by atomic mass is 10.0. The molecule has 2 amide bonds. The largest absolute Gasteiger partial charge is 0.417 e. The first-order chi connectivity index (χ1) is 16.2. The summed E-state index contributed by atoms with van der Waals surface area (Å²) in [6, 6.07) is 8.00. The number of amides is 2. The first-order valence-corrected chi connectivity index (χ1v) is 11.2. The number of thiophene rings is 1. The second-order valence-electron chi connectivity index (χ2n) is 7.91. The molecule has 2 N–H and O–H groups in total. The molecule has 0 radical (unpaired) electrons. The molecule has 0 bridgehead atoms. The van der Waals surface area contributed by atoms with Crippen molar-refractivity contribution in [2.75, 3.05) is 5.32 Å². The average Bonchev–Trinajstić information content (AvgIpc) is 3.36. The molecule has 0 saturated heterocycles. The highest BCUT2D eigenvalue weighted by Gasteiger charge is 2.34. The molecule has 1 saturated carbocycles. The number of benzene rings is 1. The highest BCUT2D eigenvalue weighted by Crippen LogP contribution is 2.38. The number of aryl methyl sites for hydroxylation is 1. The number of nitrogens with zero attached hydrogens (tertiary/aromatic N) is 2. The van der Waals surface area contributed by atoms with E-state index in [0.29, 0.717) is 16.3 Å². The van der Waals surface area contributed by atoms with E-state index in [1.165, 1.54) is 35.6 Å². The molecule has 0 spiro atoms. The predicted molar refractivity (Wildman–Crippen MR) is 120 cm³/mol. The van der Waals surface area contributed by atoms with Crippen LogP contribution < -0.4 is 10.6 Å². The summed E-state index contributed by atoms with van der Waals surface area (Å²) in [6.45, 7) is 1.60.